The quantitative estimate of drug-likeness (QED) is 0.782. The first-order chi connectivity index (χ1) is 10.5. The number of allylic oxidation sites excluding steroid dienone is 2. The molecule has 0 aromatic carbocycles. The largest absolute Gasteiger partial charge is 0.465 e. The van der Waals surface area contributed by atoms with Crippen LogP contribution in [0.4, 0.5) is 0 Å². The fourth-order valence-electron chi connectivity index (χ4n) is 2.78. The van der Waals surface area contributed by atoms with Gasteiger partial charge in [-0.05, 0) is 34.1 Å². The number of carbonyl (C=O) groups is 1. The van der Waals surface area contributed by atoms with Gasteiger partial charge in [0, 0.05) is 0 Å². The van der Waals surface area contributed by atoms with E-state index in [-0.39, 0.29) is 18.7 Å². The molecule has 120 valence electrons. The summed E-state index contributed by atoms with van der Waals surface area (Å²) in [6.45, 7) is 10.1. The zero-order chi connectivity index (χ0) is 16.3. The van der Waals surface area contributed by atoms with Crippen LogP contribution < -0.4 is 0 Å². The van der Waals surface area contributed by atoms with E-state index in [9.17, 15) is 4.79 Å². The Morgan fingerprint density at radius 1 is 1.41 bits per heavy atom. The molecule has 1 aliphatic heterocycles. The monoisotopic (exact) mass is 305 g/mol. The van der Waals surface area contributed by atoms with Gasteiger partial charge in [0.2, 0.25) is 0 Å². The van der Waals surface area contributed by atoms with Crippen LogP contribution in [-0.2, 0) is 9.53 Å². The maximum atomic E-state index is 12.0. The Labute approximate surface area is 130 Å². The van der Waals surface area contributed by atoms with Crippen LogP contribution in [0.1, 0.15) is 50.4 Å². The van der Waals surface area contributed by atoms with Gasteiger partial charge in [-0.2, -0.15) is 0 Å². The van der Waals surface area contributed by atoms with Crippen molar-refractivity contribution in [2.45, 2.75) is 47.2 Å². The third-order valence-corrected chi connectivity index (χ3v) is 3.74. The van der Waals surface area contributed by atoms with E-state index in [1.54, 1.807) is 6.92 Å². The molecule has 0 amide bonds. The van der Waals surface area contributed by atoms with Crippen LogP contribution in [0.5, 0.6) is 0 Å². The summed E-state index contributed by atoms with van der Waals surface area (Å²) in [5.41, 5.74) is 3.68. The van der Waals surface area contributed by atoms with Gasteiger partial charge in [-0.25, -0.2) is 0 Å². The molecule has 1 aliphatic rings. The van der Waals surface area contributed by atoms with Crippen molar-refractivity contribution in [3.05, 3.63) is 28.8 Å². The Balaban J connectivity index is 2.40. The molecule has 0 fully saturated rings. The van der Waals surface area contributed by atoms with E-state index in [1.165, 1.54) is 0 Å². The molecule has 0 aliphatic carbocycles. The third kappa shape index (κ3) is 2.91. The molecule has 1 aromatic heterocycles. The summed E-state index contributed by atoms with van der Waals surface area (Å²) in [4.78, 5) is 18.7. The lowest BCUT2D eigenvalue weighted by Gasteiger charge is -2.25. The number of carbonyl (C=O) groups excluding carboxylic acids is 1. The van der Waals surface area contributed by atoms with Gasteiger partial charge in [-0.15, -0.1) is 0 Å². The van der Waals surface area contributed by atoms with Crippen molar-refractivity contribution >= 4 is 11.7 Å². The number of hydrogen-bond acceptors (Lipinski definition) is 6. The second kappa shape index (κ2) is 6.77. The maximum absolute atomic E-state index is 12.0. The van der Waals surface area contributed by atoms with Crippen LogP contribution >= 0.6 is 0 Å². The predicted molar refractivity (Wildman–Crippen MR) is 83.5 cm³/mol. The normalized spacial score (nSPS) is 19.7. The van der Waals surface area contributed by atoms with Crippen LogP contribution in [0.3, 0.4) is 0 Å². The minimum atomic E-state index is -0.281. The Morgan fingerprint density at radius 3 is 2.64 bits per heavy atom. The Kier molecular flexibility index (Phi) is 5.00. The molecule has 0 radical (unpaired) electrons. The van der Waals surface area contributed by atoms with Crippen molar-refractivity contribution in [2.24, 2.45) is 4.99 Å². The molecule has 2 rings (SSSR count). The van der Waals surface area contributed by atoms with Crippen molar-refractivity contribution in [3.63, 3.8) is 0 Å². The molecule has 1 atom stereocenters. The fourth-order valence-corrected chi connectivity index (χ4v) is 2.78. The molecule has 0 N–H and O–H groups in total. The van der Waals surface area contributed by atoms with E-state index >= 15 is 0 Å². The van der Waals surface area contributed by atoms with Crippen molar-refractivity contribution in [1.82, 2.24) is 10.1 Å². The van der Waals surface area contributed by atoms with Gasteiger partial charge in [-0.1, -0.05) is 18.2 Å². The summed E-state index contributed by atoms with van der Waals surface area (Å²) >= 11 is 0. The summed E-state index contributed by atoms with van der Waals surface area (Å²) in [5.74, 6) is 0.471. The Bertz CT molecular complexity index is 597. The van der Waals surface area contributed by atoms with E-state index < -0.39 is 0 Å². The van der Waals surface area contributed by atoms with Gasteiger partial charge in [0.05, 0.1) is 29.3 Å². The summed E-state index contributed by atoms with van der Waals surface area (Å²) in [7, 11) is 0. The zero-order valence-corrected chi connectivity index (χ0v) is 13.8. The molecule has 0 saturated heterocycles. The van der Waals surface area contributed by atoms with Crippen molar-refractivity contribution in [1.29, 1.82) is 0 Å². The number of aryl methyl sites for hydroxylation is 2. The molecular formula is C16H23N3O3. The van der Waals surface area contributed by atoms with E-state index in [0.717, 1.165) is 34.8 Å². The van der Waals surface area contributed by atoms with E-state index in [2.05, 4.69) is 12.1 Å². The highest BCUT2D eigenvalue weighted by atomic mass is 16.5. The number of aliphatic imine (C=N–C) groups is 1. The number of aromatic nitrogens is 1. The molecule has 1 unspecified atom stereocenters. The lowest BCUT2D eigenvalue weighted by molar-refractivity contribution is -0.144. The van der Waals surface area contributed by atoms with Gasteiger partial charge < -0.3 is 14.2 Å². The number of nitrogens with zero attached hydrogens (tertiary/aromatic N) is 3. The van der Waals surface area contributed by atoms with Crippen molar-refractivity contribution < 1.29 is 14.1 Å². The summed E-state index contributed by atoms with van der Waals surface area (Å²) < 4.78 is 10.4. The molecule has 1 aromatic rings. The molecule has 0 saturated carbocycles. The standard InChI is InChI=1S/C16H23N3O3/c1-6-12-13(7-2)19(9-14(20)21-8-3)16(17-12)15-10(4)18-22-11(15)5/h7,16H,6,8-9H2,1-5H3/b13-7+. The average molecular weight is 305 g/mol. The van der Waals surface area contributed by atoms with Gasteiger partial charge >= 0.3 is 5.97 Å². The van der Waals surface area contributed by atoms with Crippen LogP contribution in [0.2, 0.25) is 0 Å². The van der Waals surface area contributed by atoms with Crippen LogP contribution in [0.25, 0.3) is 0 Å². The van der Waals surface area contributed by atoms with Gasteiger partial charge in [0.1, 0.15) is 12.3 Å². The number of esters is 1. The first kappa shape index (κ1) is 16.3. The molecule has 22 heavy (non-hydrogen) atoms. The SMILES string of the molecule is C/C=C1\C(CC)=NC(c2c(C)noc2C)N1CC(=O)OCC. The molecule has 0 bridgehead atoms. The average Bonchev–Trinajstić information content (AvgIpc) is 2.99. The Morgan fingerprint density at radius 2 is 2.14 bits per heavy atom. The van der Waals surface area contributed by atoms with E-state index in [1.807, 2.05) is 31.7 Å². The lowest BCUT2D eigenvalue weighted by Crippen LogP contribution is -2.31. The van der Waals surface area contributed by atoms with Gasteiger partial charge in [0.15, 0.2) is 6.17 Å². The van der Waals surface area contributed by atoms with Crippen molar-refractivity contribution in [3.8, 4) is 0 Å². The van der Waals surface area contributed by atoms with E-state index in [4.69, 9.17) is 14.3 Å². The summed E-state index contributed by atoms with van der Waals surface area (Å²) in [6.07, 6.45) is 2.51. The highest BCUT2D eigenvalue weighted by Crippen LogP contribution is 2.36. The second-order valence-corrected chi connectivity index (χ2v) is 5.15. The fraction of sp³-hybridized carbons (Fsp3) is 0.562. The van der Waals surface area contributed by atoms with Gasteiger partial charge in [0.25, 0.3) is 0 Å². The first-order valence-corrected chi connectivity index (χ1v) is 7.61. The molecule has 6 heteroatoms. The predicted octanol–water partition coefficient (Wildman–Crippen LogP) is 2.92. The van der Waals surface area contributed by atoms with Crippen LogP contribution in [-0.4, -0.2) is 34.9 Å². The molecule has 6 nitrogen and oxygen atoms in total. The van der Waals surface area contributed by atoms with Crippen molar-refractivity contribution in [2.75, 3.05) is 13.2 Å². The Hall–Kier alpha value is -2.11. The minimum Gasteiger partial charge on any atom is -0.465 e. The van der Waals surface area contributed by atoms with E-state index in [0.29, 0.717) is 6.61 Å². The van der Waals surface area contributed by atoms with Crippen LogP contribution in [0, 0.1) is 13.8 Å². The number of rotatable bonds is 5. The smallest absolute Gasteiger partial charge is 0.325 e. The molecular weight excluding hydrogens is 282 g/mol. The first-order valence-electron chi connectivity index (χ1n) is 7.61. The zero-order valence-electron chi connectivity index (χ0n) is 13.8. The highest BCUT2D eigenvalue weighted by Gasteiger charge is 2.35. The lowest BCUT2D eigenvalue weighted by atomic mass is 10.1. The number of ether oxygens (including phenoxy) is 1. The highest BCUT2D eigenvalue weighted by molar-refractivity contribution is 6.01. The van der Waals surface area contributed by atoms with Gasteiger partial charge in [-0.3, -0.25) is 9.79 Å². The summed E-state index contributed by atoms with van der Waals surface area (Å²) in [6, 6.07) is 0. The summed E-state index contributed by atoms with van der Waals surface area (Å²) in [5, 5.41) is 4.01. The van der Waals surface area contributed by atoms with Crippen LogP contribution in [0.15, 0.2) is 21.3 Å². The molecule has 2 heterocycles. The number of hydrogen-bond donors (Lipinski definition) is 0. The minimum absolute atomic E-state index is 0.162. The molecule has 0 spiro atoms. The second-order valence-electron chi connectivity index (χ2n) is 5.15. The maximum Gasteiger partial charge on any atom is 0.325 e. The topological polar surface area (TPSA) is 67.9 Å². The third-order valence-electron chi connectivity index (χ3n) is 3.74.